The molecule has 0 spiro atoms. The van der Waals surface area contributed by atoms with E-state index in [1.165, 1.54) is 0 Å². The van der Waals surface area contributed by atoms with Gasteiger partial charge in [-0.05, 0) is 24.5 Å². The maximum atomic E-state index is 11.6. The molecule has 2 N–H and O–H groups in total. The molecule has 88 valence electrons. The first-order chi connectivity index (χ1) is 7.59. The molecular formula is C13H19NO2. The van der Waals surface area contributed by atoms with Gasteiger partial charge in [-0.1, -0.05) is 32.0 Å². The van der Waals surface area contributed by atoms with Crippen LogP contribution >= 0.6 is 0 Å². The fourth-order valence-corrected chi connectivity index (χ4v) is 1.53. The van der Waals surface area contributed by atoms with E-state index in [4.69, 9.17) is 0 Å². The third kappa shape index (κ3) is 4.45. The van der Waals surface area contributed by atoms with Crippen molar-refractivity contribution in [2.75, 3.05) is 6.54 Å². The number of amides is 1. The van der Waals surface area contributed by atoms with E-state index in [1.807, 2.05) is 32.0 Å². The minimum atomic E-state index is -0.465. The largest absolute Gasteiger partial charge is 0.391 e. The lowest BCUT2D eigenvalue weighted by Gasteiger charge is -2.13. The predicted octanol–water partition coefficient (Wildman–Crippen LogP) is 1.82. The van der Waals surface area contributed by atoms with E-state index in [-0.39, 0.29) is 5.91 Å². The molecule has 16 heavy (non-hydrogen) atoms. The van der Waals surface area contributed by atoms with Crippen LogP contribution in [0.25, 0.3) is 0 Å². The lowest BCUT2D eigenvalue weighted by Crippen LogP contribution is -2.32. The normalized spacial score (nSPS) is 12.5. The quantitative estimate of drug-likeness (QED) is 0.797. The molecule has 0 heterocycles. The van der Waals surface area contributed by atoms with Gasteiger partial charge in [0.15, 0.2) is 0 Å². The molecule has 1 unspecified atom stereocenters. The monoisotopic (exact) mass is 221 g/mol. The molecule has 3 heteroatoms. The molecule has 0 saturated carbocycles. The summed E-state index contributed by atoms with van der Waals surface area (Å²) in [5.41, 5.74) is 0.624. The zero-order valence-corrected chi connectivity index (χ0v) is 9.81. The molecule has 0 radical (unpaired) electrons. The molecule has 0 aromatic heterocycles. The Hall–Kier alpha value is -1.35. The summed E-state index contributed by atoms with van der Waals surface area (Å²) >= 11 is 0. The number of nitrogens with one attached hydrogen (secondary N) is 1. The van der Waals surface area contributed by atoms with Gasteiger partial charge < -0.3 is 10.4 Å². The molecule has 3 nitrogen and oxygen atoms in total. The Morgan fingerprint density at radius 3 is 2.50 bits per heavy atom. The highest BCUT2D eigenvalue weighted by molar-refractivity contribution is 5.94. The number of hydrogen-bond acceptors (Lipinski definition) is 2. The molecule has 0 fully saturated rings. The maximum absolute atomic E-state index is 11.6. The van der Waals surface area contributed by atoms with Gasteiger partial charge in [0, 0.05) is 12.1 Å². The van der Waals surface area contributed by atoms with Gasteiger partial charge in [0.05, 0.1) is 6.10 Å². The van der Waals surface area contributed by atoms with Gasteiger partial charge in [-0.2, -0.15) is 0 Å². The second-order valence-electron chi connectivity index (χ2n) is 4.36. The SMILES string of the molecule is CC(C)CC(O)CNC(=O)c1ccccc1. The number of carbonyl (C=O) groups excluding carboxylic acids is 1. The van der Waals surface area contributed by atoms with Crippen molar-refractivity contribution in [3.63, 3.8) is 0 Å². The zero-order valence-electron chi connectivity index (χ0n) is 9.81. The van der Waals surface area contributed by atoms with Crippen molar-refractivity contribution in [1.82, 2.24) is 5.32 Å². The number of rotatable bonds is 5. The number of hydrogen-bond donors (Lipinski definition) is 2. The summed E-state index contributed by atoms with van der Waals surface area (Å²) in [6, 6.07) is 9.01. The molecule has 1 aromatic carbocycles. The van der Waals surface area contributed by atoms with E-state index in [1.54, 1.807) is 12.1 Å². The van der Waals surface area contributed by atoms with Crippen molar-refractivity contribution in [2.45, 2.75) is 26.4 Å². The zero-order chi connectivity index (χ0) is 12.0. The summed E-state index contributed by atoms with van der Waals surface area (Å²) in [5.74, 6) is 0.298. The van der Waals surface area contributed by atoms with Crippen molar-refractivity contribution < 1.29 is 9.90 Å². The Balaban J connectivity index is 2.36. The van der Waals surface area contributed by atoms with Gasteiger partial charge in [-0.25, -0.2) is 0 Å². The minimum Gasteiger partial charge on any atom is -0.391 e. The van der Waals surface area contributed by atoms with Crippen LogP contribution in [0.1, 0.15) is 30.6 Å². The van der Waals surface area contributed by atoms with Crippen molar-refractivity contribution in [2.24, 2.45) is 5.92 Å². The van der Waals surface area contributed by atoms with E-state index in [2.05, 4.69) is 5.32 Å². The lowest BCUT2D eigenvalue weighted by atomic mass is 10.1. The van der Waals surface area contributed by atoms with E-state index in [0.29, 0.717) is 24.4 Å². The van der Waals surface area contributed by atoms with Gasteiger partial charge in [-0.3, -0.25) is 4.79 Å². The van der Waals surface area contributed by atoms with Crippen LogP contribution in [0.3, 0.4) is 0 Å². The molecule has 1 aromatic rings. The van der Waals surface area contributed by atoms with E-state index < -0.39 is 6.10 Å². The Kier molecular flexibility index (Phi) is 4.99. The standard InChI is InChI=1S/C13H19NO2/c1-10(2)8-12(15)9-14-13(16)11-6-4-3-5-7-11/h3-7,10,12,15H,8-9H2,1-2H3,(H,14,16). The molecule has 1 amide bonds. The second-order valence-corrected chi connectivity index (χ2v) is 4.36. The highest BCUT2D eigenvalue weighted by Gasteiger charge is 2.09. The predicted molar refractivity (Wildman–Crippen MR) is 64.2 cm³/mol. The average Bonchev–Trinajstić information content (AvgIpc) is 2.26. The highest BCUT2D eigenvalue weighted by Crippen LogP contribution is 2.04. The molecule has 1 atom stereocenters. The minimum absolute atomic E-state index is 0.136. The van der Waals surface area contributed by atoms with Crippen LogP contribution in [0.4, 0.5) is 0 Å². The summed E-state index contributed by atoms with van der Waals surface area (Å²) < 4.78 is 0. The molecule has 0 aliphatic rings. The van der Waals surface area contributed by atoms with E-state index >= 15 is 0 Å². The average molecular weight is 221 g/mol. The number of aliphatic hydroxyl groups excluding tert-OH is 1. The fourth-order valence-electron chi connectivity index (χ4n) is 1.53. The topological polar surface area (TPSA) is 49.3 Å². The first-order valence-electron chi connectivity index (χ1n) is 5.61. The molecule has 0 aliphatic carbocycles. The van der Waals surface area contributed by atoms with Crippen molar-refractivity contribution >= 4 is 5.91 Å². The Bertz CT molecular complexity index is 322. The Morgan fingerprint density at radius 1 is 1.31 bits per heavy atom. The van der Waals surface area contributed by atoms with Crippen LogP contribution in [0.15, 0.2) is 30.3 Å². The number of carbonyl (C=O) groups is 1. The molecule has 0 bridgehead atoms. The van der Waals surface area contributed by atoms with Crippen LogP contribution < -0.4 is 5.32 Å². The molecular weight excluding hydrogens is 202 g/mol. The summed E-state index contributed by atoms with van der Waals surface area (Å²) in [5, 5.41) is 12.3. The van der Waals surface area contributed by atoms with Crippen molar-refractivity contribution in [1.29, 1.82) is 0 Å². The van der Waals surface area contributed by atoms with Crippen molar-refractivity contribution in [3.8, 4) is 0 Å². The highest BCUT2D eigenvalue weighted by atomic mass is 16.3. The summed E-state index contributed by atoms with van der Waals surface area (Å²) in [6.07, 6.45) is 0.238. The van der Waals surface area contributed by atoms with Crippen molar-refractivity contribution in [3.05, 3.63) is 35.9 Å². The fraction of sp³-hybridized carbons (Fsp3) is 0.462. The summed E-state index contributed by atoms with van der Waals surface area (Å²) in [6.45, 7) is 4.40. The summed E-state index contributed by atoms with van der Waals surface area (Å²) in [7, 11) is 0. The van der Waals surface area contributed by atoms with Crippen LogP contribution in [0, 0.1) is 5.92 Å². The molecule has 0 aliphatic heterocycles. The van der Waals surface area contributed by atoms with Gasteiger partial charge in [0.25, 0.3) is 5.91 Å². The smallest absolute Gasteiger partial charge is 0.251 e. The van der Waals surface area contributed by atoms with Crippen LogP contribution in [0.5, 0.6) is 0 Å². The van der Waals surface area contributed by atoms with Crippen LogP contribution in [0.2, 0.25) is 0 Å². The first kappa shape index (κ1) is 12.7. The van der Waals surface area contributed by atoms with Gasteiger partial charge >= 0.3 is 0 Å². The third-order valence-corrected chi connectivity index (χ3v) is 2.28. The van der Waals surface area contributed by atoms with Gasteiger partial charge in [0.2, 0.25) is 0 Å². The third-order valence-electron chi connectivity index (χ3n) is 2.28. The summed E-state index contributed by atoms with van der Waals surface area (Å²) in [4.78, 5) is 11.6. The maximum Gasteiger partial charge on any atom is 0.251 e. The number of benzene rings is 1. The lowest BCUT2D eigenvalue weighted by molar-refractivity contribution is 0.0900. The van der Waals surface area contributed by atoms with Gasteiger partial charge in [-0.15, -0.1) is 0 Å². The Morgan fingerprint density at radius 2 is 1.94 bits per heavy atom. The Labute approximate surface area is 96.5 Å². The van der Waals surface area contributed by atoms with Crippen LogP contribution in [-0.4, -0.2) is 23.7 Å². The van der Waals surface area contributed by atoms with E-state index in [9.17, 15) is 9.90 Å². The second kappa shape index (κ2) is 6.28. The molecule has 0 saturated heterocycles. The number of aliphatic hydroxyl groups is 1. The molecule has 1 rings (SSSR count). The first-order valence-corrected chi connectivity index (χ1v) is 5.61. The van der Waals surface area contributed by atoms with Gasteiger partial charge in [0.1, 0.15) is 0 Å². The van der Waals surface area contributed by atoms with Crippen LogP contribution in [-0.2, 0) is 0 Å². The van der Waals surface area contributed by atoms with E-state index in [0.717, 1.165) is 0 Å².